The lowest BCUT2D eigenvalue weighted by Gasteiger charge is -2.27. The molecule has 0 amide bonds. The normalized spacial score (nSPS) is 14.3. The lowest BCUT2D eigenvalue weighted by molar-refractivity contribution is 0.241. The molecule has 0 unspecified atom stereocenters. The summed E-state index contributed by atoms with van der Waals surface area (Å²) < 4.78 is 0. The van der Waals surface area contributed by atoms with Crippen LogP contribution in [-0.2, 0) is 19.5 Å². The Kier molecular flexibility index (Phi) is 4.07. The van der Waals surface area contributed by atoms with Crippen LogP contribution < -0.4 is 5.56 Å². The monoisotopic (exact) mass is 334 g/mol. The van der Waals surface area contributed by atoms with Gasteiger partial charge in [-0.05, 0) is 19.1 Å². The molecule has 0 saturated heterocycles. The van der Waals surface area contributed by atoms with Crippen LogP contribution >= 0.6 is 0 Å². The Hall–Kier alpha value is -2.93. The summed E-state index contributed by atoms with van der Waals surface area (Å²) in [7, 11) is 0. The molecule has 4 heterocycles. The molecule has 0 fully saturated rings. The third kappa shape index (κ3) is 3.32. The van der Waals surface area contributed by atoms with Gasteiger partial charge in [0.1, 0.15) is 11.5 Å². The van der Waals surface area contributed by atoms with E-state index in [1.165, 1.54) is 0 Å². The van der Waals surface area contributed by atoms with Crippen molar-refractivity contribution in [2.24, 2.45) is 0 Å². The van der Waals surface area contributed by atoms with Gasteiger partial charge in [-0.2, -0.15) is 0 Å². The predicted octanol–water partition coefficient (Wildman–Crippen LogP) is 1.49. The van der Waals surface area contributed by atoms with Crippen molar-refractivity contribution in [3.63, 3.8) is 0 Å². The summed E-state index contributed by atoms with van der Waals surface area (Å²) in [6, 6.07) is 5.57. The van der Waals surface area contributed by atoms with Gasteiger partial charge >= 0.3 is 0 Å². The number of nitrogens with one attached hydrogen (secondary N) is 1. The summed E-state index contributed by atoms with van der Waals surface area (Å²) in [6.07, 6.45) is 6.11. The predicted molar refractivity (Wildman–Crippen MR) is 92.7 cm³/mol. The third-order valence-electron chi connectivity index (χ3n) is 4.30. The van der Waals surface area contributed by atoms with Crippen molar-refractivity contribution in [2.75, 3.05) is 6.54 Å². The zero-order chi connectivity index (χ0) is 17.2. The Morgan fingerprint density at radius 3 is 2.80 bits per heavy atom. The largest absolute Gasteiger partial charge is 0.305 e. The Bertz CT molecular complexity index is 936. The van der Waals surface area contributed by atoms with E-state index in [2.05, 4.69) is 29.8 Å². The summed E-state index contributed by atoms with van der Waals surface area (Å²) in [4.78, 5) is 34.9. The van der Waals surface area contributed by atoms with Crippen LogP contribution in [0.4, 0.5) is 0 Å². The van der Waals surface area contributed by atoms with Gasteiger partial charge in [-0.3, -0.25) is 14.7 Å². The van der Waals surface area contributed by atoms with Crippen LogP contribution in [0, 0.1) is 6.92 Å². The van der Waals surface area contributed by atoms with Crippen LogP contribution in [0.5, 0.6) is 0 Å². The van der Waals surface area contributed by atoms with Gasteiger partial charge in [0.05, 0.1) is 11.3 Å². The van der Waals surface area contributed by atoms with Gasteiger partial charge < -0.3 is 4.98 Å². The number of aromatic nitrogens is 5. The zero-order valence-electron chi connectivity index (χ0n) is 13.9. The first kappa shape index (κ1) is 15.6. The van der Waals surface area contributed by atoms with E-state index in [0.717, 1.165) is 42.2 Å². The molecule has 0 spiro atoms. The summed E-state index contributed by atoms with van der Waals surface area (Å²) in [6.45, 7) is 4.01. The minimum atomic E-state index is -0.0875. The smallest absolute Gasteiger partial charge is 0.255 e. The van der Waals surface area contributed by atoms with E-state index in [0.29, 0.717) is 18.1 Å². The minimum Gasteiger partial charge on any atom is -0.305 e. The number of pyridine rings is 1. The number of aryl methyl sites for hydroxylation is 1. The summed E-state index contributed by atoms with van der Waals surface area (Å²) in [5.74, 6) is 1.29. The first-order chi connectivity index (χ1) is 12.2. The van der Waals surface area contributed by atoms with E-state index < -0.39 is 0 Å². The molecule has 0 aromatic carbocycles. The van der Waals surface area contributed by atoms with Crippen molar-refractivity contribution in [3.05, 3.63) is 69.8 Å². The molecule has 0 saturated carbocycles. The van der Waals surface area contributed by atoms with Gasteiger partial charge in [-0.25, -0.2) is 15.0 Å². The highest BCUT2D eigenvalue weighted by Crippen LogP contribution is 2.18. The summed E-state index contributed by atoms with van der Waals surface area (Å²) in [5, 5.41) is 0. The molecule has 1 N–H and O–H groups in total. The molecule has 0 radical (unpaired) electrons. The minimum absolute atomic E-state index is 0.0875. The second-order valence-corrected chi connectivity index (χ2v) is 6.15. The fourth-order valence-electron chi connectivity index (χ4n) is 3.00. The second kappa shape index (κ2) is 6.52. The molecule has 1 aliphatic heterocycles. The molecule has 4 rings (SSSR count). The average Bonchev–Trinajstić information content (AvgIpc) is 2.65. The number of hydrogen-bond donors (Lipinski definition) is 1. The lowest BCUT2D eigenvalue weighted by Crippen LogP contribution is -2.35. The molecular formula is C18H18N6O. The maximum absolute atomic E-state index is 12.5. The lowest BCUT2D eigenvalue weighted by atomic mass is 10.1. The number of nitrogens with zero attached hydrogens (tertiary/aromatic N) is 5. The standard InChI is InChI=1S/C18H18N6O/c1-12-20-8-13(9-21-12)10-24-7-5-15-14(11-24)18(25)23-17(22-15)16-4-2-3-6-19-16/h2-4,6,8-9H,5,7,10-11H2,1H3,(H,22,23,25). The van der Waals surface area contributed by atoms with Crippen molar-refractivity contribution in [2.45, 2.75) is 26.4 Å². The Morgan fingerprint density at radius 1 is 1.20 bits per heavy atom. The summed E-state index contributed by atoms with van der Waals surface area (Å²) >= 11 is 0. The number of H-pyrrole nitrogens is 1. The Labute approximate surface area is 144 Å². The SMILES string of the molecule is Cc1ncc(CN2CCc3nc(-c4ccccn4)[nH]c(=O)c3C2)cn1. The van der Waals surface area contributed by atoms with Crippen LogP contribution in [0.15, 0.2) is 41.6 Å². The van der Waals surface area contributed by atoms with E-state index >= 15 is 0 Å². The first-order valence-corrected chi connectivity index (χ1v) is 8.22. The molecule has 0 bridgehead atoms. The van der Waals surface area contributed by atoms with Gasteiger partial charge in [0.15, 0.2) is 5.82 Å². The van der Waals surface area contributed by atoms with Gasteiger partial charge in [-0.1, -0.05) is 6.07 Å². The molecule has 1 aliphatic rings. The van der Waals surface area contributed by atoms with Crippen LogP contribution in [0.1, 0.15) is 22.6 Å². The number of hydrogen-bond acceptors (Lipinski definition) is 6. The van der Waals surface area contributed by atoms with Gasteiger partial charge in [-0.15, -0.1) is 0 Å². The second-order valence-electron chi connectivity index (χ2n) is 6.15. The topological polar surface area (TPSA) is 87.7 Å². The molecule has 7 nitrogen and oxygen atoms in total. The summed E-state index contributed by atoms with van der Waals surface area (Å²) in [5.41, 5.74) is 3.24. The van der Waals surface area contributed by atoms with Crippen LogP contribution in [0.2, 0.25) is 0 Å². The van der Waals surface area contributed by atoms with E-state index in [1.807, 2.05) is 37.5 Å². The molecule has 7 heteroatoms. The zero-order valence-corrected chi connectivity index (χ0v) is 13.9. The Morgan fingerprint density at radius 2 is 2.04 bits per heavy atom. The number of aromatic amines is 1. The number of rotatable bonds is 3. The van der Waals surface area contributed by atoms with Crippen molar-refractivity contribution >= 4 is 0 Å². The highest BCUT2D eigenvalue weighted by atomic mass is 16.1. The highest BCUT2D eigenvalue weighted by Gasteiger charge is 2.21. The van der Waals surface area contributed by atoms with Gasteiger partial charge in [0.25, 0.3) is 5.56 Å². The molecule has 0 aliphatic carbocycles. The van der Waals surface area contributed by atoms with Crippen molar-refractivity contribution in [3.8, 4) is 11.5 Å². The van der Waals surface area contributed by atoms with Gasteiger partial charge in [0.2, 0.25) is 0 Å². The third-order valence-corrected chi connectivity index (χ3v) is 4.30. The van der Waals surface area contributed by atoms with Crippen molar-refractivity contribution in [1.82, 2.24) is 29.8 Å². The number of fused-ring (bicyclic) bond motifs is 1. The first-order valence-electron chi connectivity index (χ1n) is 8.22. The molecule has 126 valence electrons. The van der Waals surface area contributed by atoms with E-state index in [9.17, 15) is 4.79 Å². The molecule has 3 aromatic rings. The van der Waals surface area contributed by atoms with Crippen LogP contribution in [0.25, 0.3) is 11.5 Å². The fraction of sp³-hybridized carbons (Fsp3) is 0.278. The van der Waals surface area contributed by atoms with E-state index in [4.69, 9.17) is 0 Å². The molecule has 0 atom stereocenters. The van der Waals surface area contributed by atoms with Gasteiger partial charge in [0, 0.05) is 50.2 Å². The van der Waals surface area contributed by atoms with E-state index in [1.54, 1.807) is 6.20 Å². The molecular weight excluding hydrogens is 316 g/mol. The molecule has 25 heavy (non-hydrogen) atoms. The van der Waals surface area contributed by atoms with Crippen molar-refractivity contribution < 1.29 is 0 Å². The quantitative estimate of drug-likeness (QED) is 0.781. The maximum Gasteiger partial charge on any atom is 0.255 e. The molecule has 3 aromatic heterocycles. The maximum atomic E-state index is 12.5. The van der Waals surface area contributed by atoms with E-state index in [-0.39, 0.29) is 5.56 Å². The van der Waals surface area contributed by atoms with Crippen LogP contribution in [0.3, 0.4) is 0 Å². The highest BCUT2D eigenvalue weighted by molar-refractivity contribution is 5.49. The Balaban J connectivity index is 1.57. The van der Waals surface area contributed by atoms with Crippen LogP contribution in [-0.4, -0.2) is 36.4 Å². The average molecular weight is 334 g/mol. The van der Waals surface area contributed by atoms with Crippen molar-refractivity contribution in [1.29, 1.82) is 0 Å². The fourth-order valence-corrected chi connectivity index (χ4v) is 3.00.